The van der Waals surface area contributed by atoms with E-state index in [1.54, 1.807) is 18.3 Å². The molecule has 5 rings (SSSR count). The summed E-state index contributed by atoms with van der Waals surface area (Å²) < 4.78 is 13.2. The van der Waals surface area contributed by atoms with Crippen molar-refractivity contribution < 1.29 is 9.18 Å². The maximum Gasteiger partial charge on any atom is 0.260 e. The Morgan fingerprint density at radius 1 is 1.13 bits per heavy atom. The number of para-hydroxylation sites is 1. The van der Waals surface area contributed by atoms with Gasteiger partial charge in [-0.1, -0.05) is 42.1 Å². The number of nitrogens with one attached hydrogen (secondary N) is 2. The first kappa shape index (κ1) is 18.8. The van der Waals surface area contributed by atoms with Gasteiger partial charge in [-0.2, -0.15) is 0 Å². The van der Waals surface area contributed by atoms with Crippen molar-refractivity contribution in [3.63, 3.8) is 0 Å². The van der Waals surface area contributed by atoms with Gasteiger partial charge in [0.2, 0.25) is 0 Å². The lowest BCUT2D eigenvalue weighted by atomic mass is 10.1. The van der Waals surface area contributed by atoms with E-state index < -0.39 is 0 Å². The van der Waals surface area contributed by atoms with Crippen LogP contribution in [0, 0.1) is 5.82 Å². The van der Waals surface area contributed by atoms with Crippen LogP contribution in [0.3, 0.4) is 0 Å². The lowest BCUT2D eigenvalue weighted by Crippen LogP contribution is -2.10. The third kappa shape index (κ3) is 3.34. The topological polar surface area (TPSA) is 78.6 Å². The highest BCUT2D eigenvalue weighted by atomic mass is 32.2. The molecular weight excluding hydrogens is 421 g/mol. The van der Waals surface area contributed by atoms with E-state index in [0.717, 1.165) is 22.0 Å². The maximum atomic E-state index is 13.2. The van der Waals surface area contributed by atoms with Crippen LogP contribution in [0.15, 0.2) is 70.1 Å². The molecule has 0 saturated heterocycles. The smallest absolute Gasteiger partial charge is 0.260 e. The number of thioether (sulfide) groups is 1. The predicted octanol–water partition coefficient (Wildman–Crippen LogP) is 5.25. The number of thiophene rings is 1. The summed E-state index contributed by atoms with van der Waals surface area (Å²) in [5, 5.41) is 3.58. The third-order valence-electron chi connectivity index (χ3n) is 4.81. The average Bonchev–Trinajstić information content (AvgIpc) is 3.37. The van der Waals surface area contributed by atoms with E-state index in [0.29, 0.717) is 20.9 Å². The lowest BCUT2D eigenvalue weighted by Gasteiger charge is -2.02. The number of benzene rings is 2. The van der Waals surface area contributed by atoms with Crippen molar-refractivity contribution in [2.24, 2.45) is 0 Å². The van der Waals surface area contributed by atoms with Gasteiger partial charge in [-0.05, 0) is 23.8 Å². The third-order valence-corrected chi connectivity index (χ3v) is 6.55. The predicted molar refractivity (Wildman–Crippen MR) is 119 cm³/mol. The molecule has 0 spiro atoms. The second-order valence-electron chi connectivity index (χ2n) is 6.67. The SMILES string of the molecule is O=C(CSc1nc2scc(-c3ccc(F)cc3)c2c(=O)[nH]1)c1c[nH]c2ccccc12. The molecule has 0 radical (unpaired) electrons. The van der Waals surface area contributed by atoms with E-state index in [2.05, 4.69) is 15.0 Å². The Hall–Kier alpha value is -3.23. The van der Waals surface area contributed by atoms with Crippen LogP contribution < -0.4 is 5.56 Å². The Bertz CT molecular complexity index is 1450. The van der Waals surface area contributed by atoms with Crippen molar-refractivity contribution in [1.29, 1.82) is 0 Å². The molecular formula is C22H14FN3O2S2. The highest BCUT2D eigenvalue weighted by molar-refractivity contribution is 7.99. The molecule has 0 unspecified atom stereocenters. The van der Waals surface area contributed by atoms with Crippen LogP contribution in [0.4, 0.5) is 4.39 Å². The average molecular weight is 436 g/mol. The van der Waals surface area contributed by atoms with Crippen LogP contribution in [0.2, 0.25) is 0 Å². The van der Waals surface area contributed by atoms with E-state index in [9.17, 15) is 14.0 Å². The molecule has 0 amide bonds. The fourth-order valence-electron chi connectivity index (χ4n) is 3.35. The Morgan fingerprint density at radius 2 is 1.93 bits per heavy atom. The molecule has 3 heterocycles. The minimum Gasteiger partial charge on any atom is -0.360 e. The molecule has 3 aromatic heterocycles. The summed E-state index contributed by atoms with van der Waals surface area (Å²) in [5.41, 5.74) is 2.73. The molecule has 2 aromatic carbocycles. The van der Waals surface area contributed by atoms with E-state index in [1.165, 1.54) is 35.2 Å². The quantitative estimate of drug-likeness (QED) is 0.225. The van der Waals surface area contributed by atoms with Gasteiger partial charge in [0.25, 0.3) is 5.56 Å². The standard InChI is InChI=1S/C22H14FN3O2S2/c23-13-7-5-12(6-8-13)16-10-29-21-19(16)20(28)25-22(26-21)30-11-18(27)15-9-24-17-4-2-1-3-14(15)17/h1-10,24H,11H2,(H,25,26,28). The van der Waals surface area contributed by atoms with Crippen molar-refractivity contribution in [2.75, 3.05) is 5.75 Å². The fourth-order valence-corrected chi connectivity index (χ4v) is 5.10. The summed E-state index contributed by atoms with van der Waals surface area (Å²) in [7, 11) is 0. The number of hydrogen-bond donors (Lipinski definition) is 2. The maximum absolute atomic E-state index is 13.2. The van der Waals surface area contributed by atoms with Gasteiger partial charge in [-0.25, -0.2) is 9.37 Å². The van der Waals surface area contributed by atoms with Crippen LogP contribution in [0.25, 0.3) is 32.2 Å². The molecule has 0 aliphatic carbocycles. The largest absolute Gasteiger partial charge is 0.360 e. The molecule has 2 N–H and O–H groups in total. The molecule has 8 heteroatoms. The van der Waals surface area contributed by atoms with Gasteiger partial charge in [0.05, 0.1) is 11.1 Å². The first-order valence-electron chi connectivity index (χ1n) is 9.10. The van der Waals surface area contributed by atoms with Crippen LogP contribution in [0.1, 0.15) is 10.4 Å². The number of aromatic amines is 2. The number of carbonyl (C=O) groups excluding carboxylic acids is 1. The van der Waals surface area contributed by atoms with Crippen molar-refractivity contribution in [2.45, 2.75) is 5.16 Å². The Balaban J connectivity index is 1.41. The van der Waals surface area contributed by atoms with Crippen LogP contribution in [0.5, 0.6) is 0 Å². The zero-order chi connectivity index (χ0) is 20.7. The van der Waals surface area contributed by atoms with Crippen LogP contribution in [-0.2, 0) is 0 Å². The van der Waals surface area contributed by atoms with Crippen molar-refractivity contribution >= 4 is 50.0 Å². The molecule has 0 aliphatic heterocycles. The normalized spacial score (nSPS) is 11.4. The minimum absolute atomic E-state index is 0.0432. The van der Waals surface area contributed by atoms with Crippen molar-refractivity contribution in [1.82, 2.24) is 15.0 Å². The molecule has 0 atom stereocenters. The number of ketones is 1. The number of H-pyrrole nitrogens is 2. The fraction of sp³-hybridized carbons (Fsp3) is 0.0455. The second-order valence-corrected chi connectivity index (χ2v) is 8.49. The molecule has 5 nitrogen and oxygen atoms in total. The molecule has 0 fully saturated rings. The number of carbonyl (C=O) groups is 1. The number of halogens is 1. The molecule has 5 aromatic rings. The Labute approximate surface area is 178 Å². The Kier molecular flexibility index (Phi) is 4.72. The first-order chi connectivity index (χ1) is 14.6. The van der Waals surface area contributed by atoms with Crippen LogP contribution >= 0.6 is 23.1 Å². The summed E-state index contributed by atoms with van der Waals surface area (Å²) in [6.45, 7) is 0. The summed E-state index contributed by atoms with van der Waals surface area (Å²) in [6, 6.07) is 13.6. The van der Waals surface area contributed by atoms with Gasteiger partial charge in [-0.3, -0.25) is 9.59 Å². The number of nitrogens with zero attached hydrogens (tertiary/aromatic N) is 1. The molecule has 0 bridgehead atoms. The Morgan fingerprint density at radius 3 is 2.77 bits per heavy atom. The zero-order valence-electron chi connectivity index (χ0n) is 15.4. The number of Topliss-reactive ketones (excluding diaryl/α,β-unsaturated/α-hetero) is 1. The molecule has 0 saturated carbocycles. The van der Waals surface area contributed by atoms with Gasteiger partial charge < -0.3 is 9.97 Å². The molecule has 30 heavy (non-hydrogen) atoms. The highest BCUT2D eigenvalue weighted by Gasteiger charge is 2.16. The van der Waals surface area contributed by atoms with Gasteiger partial charge in [0, 0.05) is 33.6 Å². The second kappa shape index (κ2) is 7.55. The molecule has 0 aliphatic rings. The van der Waals surface area contributed by atoms with E-state index in [1.807, 2.05) is 29.6 Å². The number of hydrogen-bond acceptors (Lipinski definition) is 5. The summed E-state index contributed by atoms with van der Waals surface area (Å²) in [6.07, 6.45) is 1.71. The van der Waals surface area contributed by atoms with Gasteiger partial charge in [0.15, 0.2) is 10.9 Å². The van der Waals surface area contributed by atoms with Crippen molar-refractivity contribution in [3.05, 3.63) is 81.8 Å². The first-order valence-corrected chi connectivity index (χ1v) is 11.0. The van der Waals surface area contributed by atoms with Gasteiger partial charge in [0.1, 0.15) is 10.6 Å². The molecule has 148 valence electrons. The van der Waals surface area contributed by atoms with E-state index >= 15 is 0 Å². The number of fused-ring (bicyclic) bond motifs is 2. The zero-order valence-corrected chi connectivity index (χ0v) is 17.1. The number of aromatic nitrogens is 3. The lowest BCUT2D eigenvalue weighted by molar-refractivity contribution is 0.102. The van der Waals surface area contributed by atoms with E-state index in [4.69, 9.17) is 0 Å². The number of rotatable bonds is 5. The summed E-state index contributed by atoms with van der Waals surface area (Å²) >= 11 is 2.55. The summed E-state index contributed by atoms with van der Waals surface area (Å²) in [4.78, 5) is 36.3. The van der Waals surface area contributed by atoms with Gasteiger partial charge >= 0.3 is 0 Å². The van der Waals surface area contributed by atoms with Crippen LogP contribution in [-0.4, -0.2) is 26.5 Å². The van der Waals surface area contributed by atoms with Gasteiger partial charge in [-0.15, -0.1) is 11.3 Å². The minimum atomic E-state index is -0.330. The summed E-state index contributed by atoms with van der Waals surface area (Å²) in [5.74, 6) is -0.214. The van der Waals surface area contributed by atoms with E-state index in [-0.39, 0.29) is 22.9 Å². The monoisotopic (exact) mass is 435 g/mol. The highest BCUT2D eigenvalue weighted by Crippen LogP contribution is 2.31. The van der Waals surface area contributed by atoms with Crippen molar-refractivity contribution in [3.8, 4) is 11.1 Å².